The van der Waals surface area contributed by atoms with Crippen LogP contribution in [0.4, 0.5) is 0 Å². The largest absolute Gasteiger partial charge is 0.389 e. The van der Waals surface area contributed by atoms with E-state index in [0.717, 1.165) is 12.0 Å². The van der Waals surface area contributed by atoms with Crippen LogP contribution >= 0.6 is 0 Å². The van der Waals surface area contributed by atoms with Crippen molar-refractivity contribution in [1.82, 2.24) is 0 Å². The van der Waals surface area contributed by atoms with Crippen LogP contribution in [-0.2, 0) is 4.79 Å². The second-order valence-corrected chi connectivity index (χ2v) is 4.07. The van der Waals surface area contributed by atoms with E-state index in [4.69, 9.17) is 0 Å². The second-order valence-electron chi connectivity index (χ2n) is 4.07. The highest BCUT2D eigenvalue weighted by Crippen LogP contribution is 2.16. The Morgan fingerprint density at radius 3 is 2.21 bits per heavy atom. The molecule has 0 aliphatic heterocycles. The van der Waals surface area contributed by atoms with Crippen molar-refractivity contribution < 1.29 is 9.90 Å². The first kappa shape index (κ1) is 13.1. The van der Waals surface area contributed by atoms with Crippen LogP contribution in [0.25, 0.3) is 0 Å². The molecule has 1 unspecified atom stereocenters. The number of hydrogen-bond acceptors (Lipinski definition) is 2. The summed E-state index contributed by atoms with van der Waals surface area (Å²) in [5.41, 5.74) is 1.33. The van der Waals surface area contributed by atoms with E-state index in [9.17, 15) is 9.90 Å². The van der Waals surface area contributed by atoms with Crippen molar-refractivity contribution in [2.45, 2.75) is 40.2 Å². The zero-order chi connectivity index (χ0) is 11.3. The molecule has 0 spiro atoms. The molecule has 14 heavy (non-hydrogen) atoms. The van der Waals surface area contributed by atoms with Crippen molar-refractivity contribution in [3.05, 3.63) is 23.8 Å². The molecule has 0 aromatic rings. The van der Waals surface area contributed by atoms with E-state index in [1.807, 2.05) is 0 Å². The molecule has 2 heteroatoms. The predicted molar refractivity (Wildman–Crippen MR) is 59.0 cm³/mol. The minimum atomic E-state index is -0.506. The highest BCUT2D eigenvalue weighted by Gasteiger charge is 2.08. The van der Waals surface area contributed by atoms with E-state index in [1.165, 1.54) is 6.92 Å². The molecule has 80 valence electrons. The standard InChI is InChI=1S/C12H20O2/c1-8(2)6-12(11(5)14)7-9(3)10(4)13/h7-8,11,14H,3,6H2,1-2,4-5H3/b12-7+. The summed E-state index contributed by atoms with van der Waals surface area (Å²) >= 11 is 0. The summed E-state index contributed by atoms with van der Waals surface area (Å²) in [5, 5.41) is 9.47. The predicted octanol–water partition coefficient (Wildman–Crippen LogP) is 2.48. The molecule has 0 aliphatic rings. The van der Waals surface area contributed by atoms with E-state index >= 15 is 0 Å². The number of aliphatic hydroxyl groups is 1. The van der Waals surface area contributed by atoms with Crippen LogP contribution < -0.4 is 0 Å². The van der Waals surface area contributed by atoms with Gasteiger partial charge in [0.15, 0.2) is 5.78 Å². The third-order valence-electron chi connectivity index (χ3n) is 1.99. The van der Waals surface area contributed by atoms with E-state index in [2.05, 4.69) is 20.4 Å². The van der Waals surface area contributed by atoms with Crippen LogP contribution in [0.1, 0.15) is 34.1 Å². The summed E-state index contributed by atoms with van der Waals surface area (Å²) < 4.78 is 0. The highest BCUT2D eigenvalue weighted by atomic mass is 16.3. The van der Waals surface area contributed by atoms with Gasteiger partial charge < -0.3 is 5.11 Å². The molecule has 0 saturated heterocycles. The molecule has 0 amide bonds. The Balaban J connectivity index is 4.64. The van der Waals surface area contributed by atoms with E-state index in [-0.39, 0.29) is 5.78 Å². The molecule has 0 saturated carbocycles. The monoisotopic (exact) mass is 196 g/mol. The van der Waals surface area contributed by atoms with Gasteiger partial charge in [0, 0.05) is 5.57 Å². The van der Waals surface area contributed by atoms with Gasteiger partial charge in [-0.2, -0.15) is 0 Å². The Bertz CT molecular complexity index is 247. The van der Waals surface area contributed by atoms with Crippen LogP contribution in [0.15, 0.2) is 23.8 Å². The Morgan fingerprint density at radius 1 is 1.43 bits per heavy atom. The Hall–Kier alpha value is -0.890. The van der Waals surface area contributed by atoms with Gasteiger partial charge in [0.1, 0.15) is 0 Å². The molecule has 1 atom stereocenters. The van der Waals surface area contributed by atoms with Crippen LogP contribution in [0.5, 0.6) is 0 Å². The molecule has 0 aromatic heterocycles. The topological polar surface area (TPSA) is 37.3 Å². The molecule has 0 aliphatic carbocycles. The maximum absolute atomic E-state index is 11.0. The number of ketones is 1. The summed E-state index contributed by atoms with van der Waals surface area (Å²) in [6.45, 7) is 11.0. The normalized spacial score (nSPS) is 14.3. The number of carbonyl (C=O) groups excluding carboxylic acids is 1. The molecular weight excluding hydrogens is 176 g/mol. The van der Waals surface area contributed by atoms with Gasteiger partial charge in [-0.1, -0.05) is 26.5 Å². The van der Waals surface area contributed by atoms with Crippen LogP contribution in [0, 0.1) is 5.92 Å². The third kappa shape index (κ3) is 4.97. The molecule has 2 nitrogen and oxygen atoms in total. The molecule has 0 radical (unpaired) electrons. The lowest BCUT2D eigenvalue weighted by atomic mass is 9.96. The lowest BCUT2D eigenvalue weighted by Crippen LogP contribution is -2.08. The van der Waals surface area contributed by atoms with Gasteiger partial charge in [-0.25, -0.2) is 0 Å². The average Bonchev–Trinajstić information content (AvgIpc) is 2.01. The highest BCUT2D eigenvalue weighted by molar-refractivity contribution is 5.95. The van der Waals surface area contributed by atoms with Gasteiger partial charge in [-0.05, 0) is 31.8 Å². The first-order valence-electron chi connectivity index (χ1n) is 4.93. The van der Waals surface area contributed by atoms with Gasteiger partial charge in [0.25, 0.3) is 0 Å². The van der Waals surface area contributed by atoms with Crippen molar-refractivity contribution >= 4 is 5.78 Å². The Labute approximate surface area is 86.3 Å². The molecule has 0 rings (SSSR count). The lowest BCUT2D eigenvalue weighted by molar-refractivity contribution is -0.113. The number of allylic oxidation sites excluding steroid dienone is 2. The summed E-state index contributed by atoms with van der Waals surface area (Å²) in [6.07, 6.45) is 1.99. The lowest BCUT2D eigenvalue weighted by Gasteiger charge is -2.13. The van der Waals surface area contributed by atoms with Crippen molar-refractivity contribution in [3.8, 4) is 0 Å². The fourth-order valence-corrected chi connectivity index (χ4v) is 1.15. The quantitative estimate of drug-likeness (QED) is 0.542. The average molecular weight is 196 g/mol. The smallest absolute Gasteiger partial charge is 0.159 e. The van der Waals surface area contributed by atoms with E-state index in [0.29, 0.717) is 11.5 Å². The van der Waals surface area contributed by atoms with Gasteiger partial charge in [0.05, 0.1) is 6.10 Å². The number of Topliss-reactive ketones (excluding diaryl/α,β-unsaturated/α-hetero) is 1. The minimum absolute atomic E-state index is 0.0492. The summed E-state index contributed by atoms with van der Waals surface area (Å²) in [5.74, 6) is 0.419. The molecule has 0 fully saturated rings. The molecular formula is C12H20O2. The first-order valence-corrected chi connectivity index (χ1v) is 4.93. The number of carbonyl (C=O) groups is 1. The minimum Gasteiger partial charge on any atom is -0.389 e. The summed E-state index contributed by atoms with van der Waals surface area (Å²) in [4.78, 5) is 11.0. The summed E-state index contributed by atoms with van der Waals surface area (Å²) in [6, 6.07) is 0. The number of rotatable bonds is 5. The zero-order valence-corrected chi connectivity index (χ0v) is 9.50. The fraction of sp³-hybridized carbons (Fsp3) is 0.583. The Morgan fingerprint density at radius 2 is 1.93 bits per heavy atom. The second kappa shape index (κ2) is 5.76. The van der Waals surface area contributed by atoms with E-state index < -0.39 is 6.10 Å². The molecule has 0 aromatic carbocycles. The van der Waals surface area contributed by atoms with Gasteiger partial charge in [-0.3, -0.25) is 4.79 Å². The first-order chi connectivity index (χ1) is 6.34. The SMILES string of the molecule is C=C(/C=C(\CC(C)C)C(C)O)C(C)=O. The van der Waals surface area contributed by atoms with Crippen LogP contribution in [0.2, 0.25) is 0 Å². The molecule has 1 N–H and O–H groups in total. The van der Waals surface area contributed by atoms with Crippen molar-refractivity contribution in [2.24, 2.45) is 5.92 Å². The van der Waals surface area contributed by atoms with Crippen LogP contribution in [0.3, 0.4) is 0 Å². The maximum atomic E-state index is 11.0. The van der Waals surface area contributed by atoms with Gasteiger partial charge in [0.2, 0.25) is 0 Å². The molecule has 0 bridgehead atoms. The van der Waals surface area contributed by atoms with Crippen LogP contribution in [-0.4, -0.2) is 17.0 Å². The summed E-state index contributed by atoms with van der Waals surface area (Å²) in [7, 11) is 0. The molecule has 0 heterocycles. The van der Waals surface area contributed by atoms with Crippen molar-refractivity contribution in [1.29, 1.82) is 0 Å². The fourth-order valence-electron chi connectivity index (χ4n) is 1.15. The van der Waals surface area contributed by atoms with Crippen molar-refractivity contribution in [2.75, 3.05) is 0 Å². The number of aliphatic hydroxyl groups excluding tert-OH is 1. The van der Waals surface area contributed by atoms with E-state index in [1.54, 1.807) is 13.0 Å². The van der Waals surface area contributed by atoms with Gasteiger partial charge in [-0.15, -0.1) is 0 Å². The Kier molecular flexibility index (Phi) is 5.39. The number of hydrogen-bond donors (Lipinski definition) is 1. The zero-order valence-electron chi connectivity index (χ0n) is 9.50. The third-order valence-corrected chi connectivity index (χ3v) is 1.99. The van der Waals surface area contributed by atoms with Crippen molar-refractivity contribution in [3.63, 3.8) is 0 Å². The maximum Gasteiger partial charge on any atom is 0.159 e. The van der Waals surface area contributed by atoms with Gasteiger partial charge >= 0.3 is 0 Å².